The first kappa shape index (κ1) is 10.6. The number of hydrogen-bond acceptors (Lipinski definition) is 1. The van der Waals surface area contributed by atoms with Gasteiger partial charge in [0.2, 0.25) is 0 Å². The van der Waals surface area contributed by atoms with Gasteiger partial charge in [0, 0.05) is 16.3 Å². The Morgan fingerprint density at radius 2 is 2.12 bits per heavy atom. The van der Waals surface area contributed by atoms with Crippen LogP contribution in [0.3, 0.4) is 0 Å². The van der Waals surface area contributed by atoms with Crippen LogP contribution >= 0.6 is 15.9 Å². The molecule has 0 aromatic heterocycles. The molecule has 0 radical (unpaired) electrons. The largest absolute Gasteiger partial charge is 0.493 e. The fraction of sp³-hybridized carbons (Fsp3) is 0.571. The van der Waals surface area contributed by atoms with Gasteiger partial charge in [0.05, 0.1) is 6.61 Å². The van der Waals surface area contributed by atoms with Gasteiger partial charge in [-0.05, 0) is 37.7 Å². The smallest absolute Gasteiger partial charge is 0.122 e. The summed E-state index contributed by atoms with van der Waals surface area (Å²) in [5.74, 6) is 2.68. The standard InChI is InChI=1S/C14H17BrO/c15-13(10-5-6-10)8-7-11-9-16-14-4-2-1-3-12(11)14/h1-4,10-11,13H,5-9H2. The van der Waals surface area contributed by atoms with E-state index in [0.29, 0.717) is 5.92 Å². The molecule has 2 aliphatic rings. The zero-order valence-corrected chi connectivity index (χ0v) is 10.9. The van der Waals surface area contributed by atoms with E-state index in [1.807, 2.05) is 0 Å². The molecule has 2 unspecified atom stereocenters. The first-order chi connectivity index (χ1) is 7.84. The van der Waals surface area contributed by atoms with Crippen LogP contribution in [-0.2, 0) is 0 Å². The van der Waals surface area contributed by atoms with E-state index in [2.05, 4.69) is 40.2 Å². The highest BCUT2D eigenvalue weighted by Crippen LogP contribution is 2.42. The Hall–Kier alpha value is -0.500. The molecule has 86 valence electrons. The Balaban J connectivity index is 1.60. The van der Waals surface area contributed by atoms with Crippen molar-refractivity contribution in [3.63, 3.8) is 0 Å². The summed E-state index contributed by atoms with van der Waals surface area (Å²) in [5, 5.41) is 0. The molecule has 0 N–H and O–H groups in total. The highest BCUT2D eigenvalue weighted by atomic mass is 79.9. The van der Waals surface area contributed by atoms with Crippen LogP contribution in [0.5, 0.6) is 5.75 Å². The van der Waals surface area contributed by atoms with Crippen molar-refractivity contribution >= 4 is 15.9 Å². The predicted octanol–water partition coefficient (Wildman–Crippen LogP) is 4.12. The van der Waals surface area contributed by atoms with E-state index < -0.39 is 0 Å². The first-order valence-electron chi connectivity index (χ1n) is 6.20. The fourth-order valence-electron chi connectivity index (χ4n) is 2.52. The lowest BCUT2D eigenvalue weighted by Crippen LogP contribution is -2.06. The van der Waals surface area contributed by atoms with E-state index in [1.54, 1.807) is 0 Å². The Kier molecular flexibility index (Phi) is 2.93. The number of alkyl halides is 1. The minimum Gasteiger partial charge on any atom is -0.493 e. The maximum absolute atomic E-state index is 5.70. The van der Waals surface area contributed by atoms with Gasteiger partial charge in [-0.15, -0.1) is 0 Å². The third kappa shape index (κ3) is 2.13. The van der Waals surface area contributed by atoms with Crippen molar-refractivity contribution in [2.45, 2.75) is 36.4 Å². The van der Waals surface area contributed by atoms with Crippen LogP contribution in [0.2, 0.25) is 0 Å². The lowest BCUT2D eigenvalue weighted by atomic mass is 9.95. The van der Waals surface area contributed by atoms with Gasteiger partial charge in [-0.25, -0.2) is 0 Å². The quantitative estimate of drug-likeness (QED) is 0.754. The van der Waals surface area contributed by atoms with Crippen molar-refractivity contribution < 1.29 is 4.74 Å². The molecule has 0 saturated heterocycles. The molecule has 0 amide bonds. The van der Waals surface area contributed by atoms with Crippen LogP contribution in [0.4, 0.5) is 0 Å². The minimum atomic E-state index is 0.620. The molecule has 2 heteroatoms. The number of benzene rings is 1. The normalized spacial score (nSPS) is 24.9. The molecule has 1 heterocycles. The highest BCUT2D eigenvalue weighted by molar-refractivity contribution is 9.09. The fourth-order valence-corrected chi connectivity index (χ4v) is 3.32. The molecule has 1 aliphatic heterocycles. The van der Waals surface area contributed by atoms with Crippen LogP contribution in [0, 0.1) is 5.92 Å². The molecule has 1 fully saturated rings. The van der Waals surface area contributed by atoms with Gasteiger partial charge in [-0.3, -0.25) is 0 Å². The molecular formula is C14H17BrO. The Bertz CT molecular complexity index is 373. The first-order valence-corrected chi connectivity index (χ1v) is 7.12. The maximum atomic E-state index is 5.70. The lowest BCUT2D eigenvalue weighted by molar-refractivity contribution is 0.322. The summed E-state index contributed by atoms with van der Waals surface area (Å²) < 4.78 is 5.70. The van der Waals surface area contributed by atoms with Crippen molar-refractivity contribution in [1.82, 2.24) is 0 Å². The van der Waals surface area contributed by atoms with Gasteiger partial charge in [0.15, 0.2) is 0 Å². The Morgan fingerprint density at radius 3 is 2.94 bits per heavy atom. The van der Waals surface area contributed by atoms with Crippen molar-refractivity contribution in [1.29, 1.82) is 0 Å². The molecule has 16 heavy (non-hydrogen) atoms. The minimum absolute atomic E-state index is 0.620. The van der Waals surface area contributed by atoms with Crippen LogP contribution in [0.15, 0.2) is 24.3 Å². The van der Waals surface area contributed by atoms with Gasteiger partial charge in [0.25, 0.3) is 0 Å². The highest BCUT2D eigenvalue weighted by Gasteiger charge is 2.31. The summed E-state index contributed by atoms with van der Waals surface area (Å²) in [6.07, 6.45) is 5.39. The topological polar surface area (TPSA) is 9.23 Å². The van der Waals surface area contributed by atoms with Gasteiger partial charge >= 0.3 is 0 Å². The van der Waals surface area contributed by atoms with E-state index in [0.717, 1.165) is 23.1 Å². The summed E-state index contributed by atoms with van der Waals surface area (Å²) in [5.41, 5.74) is 1.41. The summed E-state index contributed by atoms with van der Waals surface area (Å²) in [6.45, 7) is 0.879. The van der Waals surface area contributed by atoms with E-state index in [9.17, 15) is 0 Å². The molecule has 1 aliphatic carbocycles. The summed E-state index contributed by atoms with van der Waals surface area (Å²) >= 11 is 3.81. The average molecular weight is 281 g/mol. The SMILES string of the molecule is BrC(CCC1COc2ccccc21)C1CC1. The number of fused-ring (bicyclic) bond motifs is 1. The second-order valence-corrected chi connectivity index (χ2v) is 6.15. The second-order valence-electron chi connectivity index (χ2n) is 4.98. The van der Waals surface area contributed by atoms with Gasteiger partial charge < -0.3 is 4.74 Å². The molecule has 2 atom stereocenters. The van der Waals surface area contributed by atoms with Crippen LogP contribution < -0.4 is 4.74 Å². The van der Waals surface area contributed by atoms with E-state index in [-0.39, 0.29) is 0 Å². The summed E-state index contributed by atoms with van der Waals surface area (Å²) in [6, 6.07) is 8.47. The average Bonchev–Trinajstić information content (AvgIpc) is 3.08. The predicted molar refractivity (Wildman–Crippen MR) is 69.4 cm³/mol. The second kappa shape index (κ2) is 4.40. The van der Waals surface area contributed by atoms with Gasteiger partial charge in [-0.2, -0.15) is 0 Å². The number of para-hydroxylation sites is 1. The Morgan fingerprint density at radius 1 is 1.31 bits per heavy atom. The van der Waals surface area contributed by atoms with Crippen molar-refractivity contribution in [2.75, 3.05) is 6.61 Å². The number of rotatable bonds is 4. The third-order valence-electron chi connectivity index (χ3n) is 3.72. The van der Waals surface area contributed by atoms with E-state index in [4.69, 9.17) is 4.74 Å². The summed E-state index contributed by atoms with van der Waals surface area (Å²) in [7, 11) is 0. The molecule has 1 aromatic carbocycles. The van der Waals surface area contributed by atoms with Gasteiger partial charge in [0.1, 0.15) is 5.75 Å². The van der Waals surface area contributed by atoms with E-state index in [1.165, 1.54) is 31.2 Å². The molecular weight excluding hydrogens is 264 g/mol. The zero-order valence-electron chi connectivity index (χ0n) is 9.36. The van der Waals surface area contributed by atoms with Crippen molar-refractivity contribution in [3.8, 4) is 5.75 Å². The lowest BCUT2D eigenvalue weighted by Gasteiger charge is -2.12. The van der Waals surface area contributed by atoms with Crippen molar-refractivity contribution in [3.05, 3.63) is 29.8 Å². The molecule has 3 rings (SSSR count). The molecule has 1 aromatic rings. The monoisotopic (exact) mass is 280 g/mol. The number of hydrogen-bond donors (Lipinski definition) is 0. The third-order valence-corrected chi connectivity index (χ3v) is 4.93. The molecule has 1 saturated carbocycles. The van der Waals surface area contributed by atoms with Crippen LogP contribution in [0.1, 0.15) is 37.2 Å². The van der Waals surface area contributed by atoms with Crippen LogP contribution in [-0.4, -0.2) is 11.4 Å². The number of halogens is 1. The summed E-state index contributed by atoms with van der Waals surface area (Å²) in [4.78, 5) is 0.736. The van der Waals surface area contributed by atoms with Crippen LogP contribution in [0.25, 0.3) is 0 Å². The Labute approximate surface area is 105 Å². The molecule has 0 bridgehead atoms. The molecule has 0 spiro atoms. The molecule has 1 nitrogen and oxygen atoms in total. The van der Waals surface area contributed by atoms with Gasteiger partial charge in [-0.1, -0.05) is 34.1 Å². The number of ether oxygens (including phenoxy) is 1. The zero-order chi connectivity index (χ0) is 11.0. The maximum Gasteiger partial charge on any atom is 0.122 e. The van der Waals surface area contributed by atoms with E-state index >= 15 is 0 Å². The van der Waals surface area contributed by atoms with Crippen molar-refractivity contribution in [2.24, 2.45) is 5.92 Å².